The average Bonchev–Trinajstić information content (AvgIpc) is 2.96. The molecule has 0 saturated carbocycles. The minimum absolute atomic E-state index is 0.0309. The van der Waals surface area contributed by atoms with E-state index in [1.54, 1.807) is 12.1 Å². The quantitative estimate of drug-likeness (QED) is 0.613. The van der Waals surface area contributed by atoms with Gasteiger partial charge in [-0.1, -0.05) is 29.8 Å². The summed E-state index contributed by atoms with van der Waals surface area (Å²) in [5.41, 5.74) is 1.54. The fourth-order valence-corrected chi connectivity index (χ4v) is 3.56. The Morgan fingerprint density at radius 2 is 1.96 bits per heavy atom. The van der Waals surface area contributed by atoms with E-state index in [2.05, 4.69) is 20.0 Å². The molecule has 0 spiro atoms. The van der Waals surface area contributed by atoms with Gasteiger partial charge in [0, 0.05) is 18.0 Å². The third-order valence-electron chi connectivity index (χ3n) is 3.40. The van der Waals surface area contributed by atoms with Crippen molar-refractivity contribution < 1.29 is 13.2 Å². The van der Waals surface area contributed by atoms with E-state index in [1.807, 2.05) is 24.3 Å². The molecule has 0 aliphatic carbocycles. The Bertz CT molecular complexity index is 984. The summed E-state index contributed by atoms with van der Waals surface area (Å²) in [6.07, 6.45) is -0.0309. The van der Waals surface area contributed by atoms with Gasteiger partial charge < -0.3 is 4.98 Å². The number of fused-ring (bicyclic) bond motifs is 1. The predicted octanol–water partition coefficient (Wildman–Crippen LogP) is 2.52. The molecule has 0 unspecified atom stereocenters. The minimum atomic E-state index is -3.71. The summed E-state index contributed by atoms with van der Waals surface area (Å²) >= 11 is 5.79. The Kier molecular flexibility index (Phi) is 5.03. The zero-order valence-electron chi connectivity index (χ0n) is 13.0. The Morgan fingerprint density at radius 3 is 2.72 bits per heavy atom. The van der Waals surface area contributed by atoms with Crippen molar-refractivity contribution in [2.24, 2.45) is 0 Å². The highest BCUT2D eigenvalue weighted by molar-refractivity contribution is 7.89. The number of anilines is 1. The molecule has 0 saturated heterocycles. The molecule has 0 aliphatic rings. The topological polar surface area (TPSA) is 104 Å². The Labute approximate surface area is 149 Å². The largest absolute Gasteiger partial charge is 0.324 e. The van der Waals surface area contributed by atoms with E-state index in [0.717, 1.165) is 11.0 Å². The molecule has 9 heteroatoms. The van der Waals surface area contributed by atoms with Crippen molar-refractivity contribution in [2.75, 3.05) is 11.9 Å². The summed E-state index contributed by atoms with van der Waals surface area (Å²) < 4.78 is 26.6. The van der Waals surface area contributed by atoms with Crippen LogP contribution in [0.4, 0.5) is 5.95 Å². The van der Waals surface area contributed by atoms with Crippen molar-refractivity contribution in [3.8, 4) is 0 Å². The van der Waals surface area contributed by atoms with Gasteiger partial charge >= 0.3 is 0 Å². The first kappa shape index (κ1) is 17.4. The molecule has 7 nitrogen and oxygen atoms in total. The second kappa shape index (κ2) is 7.22. The number of carbonyl (C=O) groups excluding carboxylic acids is 1. The molecule has 0 aliphatic heterocycles. The van der Waals surface area contributed by atoms with E-state index in [9.17, 15) is 13.2 Å². The first-order chi connectivity index (χ1) is 11.9. The van der Waals surface area contributed by atoms with Gasteiger partial charge in [0.15, 0.2) is 0 Å². The number of para-hydroxylation sites is 2. The molecule has 0 radical (unpaired) electrons. The fraction of sp³-hybridized carbons (Fsp3) is 0.125. The monoisotopic (exact) mass is 378 g/mol. The van der Waals surface area contributed by atoms with Crippen molar-refractivity contribution in [3.63, 3.8) is 0 Å². The van der Waals surface area contributed by atoms with Crippen molar-refractivity contribution in [2.45, 2.75) is 11.3 Å². The van der Waals surface area contributed by atoms with Crippen LogP contribution in [0.15, 0.2) is 53.4 Å². The maximum absolute atomic E-state index is 12.1. The van der Waals surface area contributed by atoms with Crippen molar-refractivity contribution >= 4 is 44.5 Å². The summed E-state index contributed by atoms with van der Waals surface area (Å²) in [5.74, 6) is -0.0308. The first-order valence-corrected chi connectivity index (χ1v) is 9.30. The van der Waals surface area contributed by atoms with Crippen LogP contribution in [0.25, 0.3) is 11.0 Å². The molecule has 130 valence electrons. The highest BCUT2D eigenvalue weighted by atomic mass is 35.5. The van der Waals surface area contributed by atoms with Gasteiger partial charge in [0.2, 0.25) is 21.9 Å². The van der Waals surface area contributed by atoms with Gasteiger partial charge in [0.05, 0.1) is 15.9 Å². The molecule has 0 bridgehead atoms. The standard InChI is InChI=1S/C16H15ClN4O3S/c17-11-4-3-5-12(10-11)25(23,24)18-9-8-15(22)21-16-19-13-6-1-2-7-14(13)20-16/h1-7,10,18H,8-9H2,(H2,19,20,21,22). The van der Waals surface area contributed by atoms with Gasteiger partial charge in [-0.25, -0.2) is 18.1 Å². The number of hydrogen-bond donors (Lipinski definition) is 3. The third kappa shape index (κ3) is 4.36. The molecule has 1 heterocycles. The number of benzene rings is 2. The second-order valence-corrected chi connectivity index (χ2v) is 7.46. The number of nitrogens with one attached hydrogen (secondary N) is 3. The summed E-state index contributed by atoms with van der Waals surface area (Å²) in [7, 11) is -3.71. The molecule has 3 rings (SSSR count). The molecule has 2 aromatic carbocycles. The lowest BCUT2D eigenvalue weighted by Gasteiger charge is -2.07. The smallest absolute Gasteiger partial charge is 0.240 e. The molecule has 3 aromatic rings. The fourth-order valence-electron chi connectivity index (χ4n) is 2.22. The van der Waals surface area contributed by atoms with E-state index in [0.29, 0.717) is 11.0 Å². The zero-order chi connectivity index (χ0) is 17.9. The van der Waals surface area contributed by atoms with Crippen LogP contribution in [0, 0.1) is 0 Å². The molecular formula is C16H15ClN4O3S. The summed E-state index contributed by atoms with van der Waals surface area (Å²) in [6.45, 7) is -0.0408. The Balaban J connectivity index is 1.55. The van der Waals surface area contributed by atoms with Crippen LogP contribution in [0.1, 0.15) is 6.42 Å². The number of H-pyrrole nitrogens is 1. The van der Waals surface area contributed by atoms with Crippen LogP contribution in [-0.2, 0) is 14.8 Å². The normalized spacial score (nSPS) is 11.6. The van der Waals surface area contributed by atoms with Gasteiger partial charge in [-0.05, 0) is 30.3 Å². The molecule has 0 atom stereocenters. The third-order valence-corrected chi connectivity index (χ3v) is 5.09. The van der Waals surface area contributed by atoms with Crippen LogP contribution >= 0.6 is 11.6 Å². The number of carbonyl (C=O) groups is 1. The summed E-state index contributed by atoms with van der Waals surface area (Å²) in [6, 6.07) is 13.3. The van der Waals surface area contributed by atoms with Gasteiger partial charge in [-0.15, -0.1) is 0 Å². The van der Waals surface area contributed by atoms with Gasteiger partial charge in [-0.2, -0.15) is 0 Å². The lowest BCUT2D eigenvalue weighted by Crippen LogP contribution is -2.28. The summed E-state index contributed by atoms with van der Waals surface area (Å²) in [4.78, 5) is 19.2. The highest BCUT2D eigenvalue weighted by Crippen LogP contribution is 2.15. The molecular weight excluding hydrogens is 364 g/mol. The Morgan fingerprint density at radius 1 is 1.16 bits per heavy atom. The lowest BCUT2D eigenvalue weighted by molar-refractivity contribution is -0.116. The number of hydrogen-bond acceptors (Lipinski definition) is 4. The van der Waals surface area contributed by atoms with Crippen LogP contribution in [0.3, 0.4) is 0 Å². The molecule has 25 heavy (non-hydrogen) atoms. The number of sulfonamides is 1. The molecule has 1 aromatic heterocycles. The van der Waals surface area contributed by atoms with Crippen LogP contribution in [0.2, 0.25) is 5.02 Å². The van der Waals surface area contributed by atoms with Crippen molar-refractivity contribution in [3.05, 3.63) is 53.6 Å². The maximum Gasteiger partial charge on any atom is 0.240 e. The molecule has 3 N–H and O–H groups in total. The van der Waals surface area contributed by atoms with E-state index in [4.69, 9.17) is 11.6 Å². The molecule has 1 amide bonds. The number of amides is 1. The average molecular weight is 379 g/mol. The number of imidazole rings is 1. The van der Waals surface area contributed by atoms with Gasteiger partial charge in [0.25, 0.3) is 0 Å². The Hall–Kier alpha value is -2.42. The SMILES string of the molecule is O=C(CCNS(=O)(=O)c1cccc(Cl)c1)Nc1nc2ccccc2[nH]1. The predicted molar refractivity (Wildman–Crippen MR) is 96.0 cm³/mol. The van der Waals surface area contributed by atoms with Crippen LogP contribution in [0.5, 0.6) is 0 Å². The van der Waals surface area contributed by atoms with Gasteiger partial charge in [-0.3, -0.25) is 10.1 Å². The van der Waals surface area contributed by atoms with E-state index in [1.165, 1.54) is 12.1 Å². The van der Waals surface area contributed by atoms with Crippen molar-refractivity contribution in [1.29, 1.82) is 0 Å². The van der Waals surface area contributed by atoms with Crippen molar-refractivity contribution in [1.82, 2.24) is 14.7 Å². The van der Waals surface area contributed by atoms with E-state index in [-0.39, 0.29) is 23.8 Å². The number of aromatic nitrogens is 2. The lowest BCUT2D eigenvalue weighted by atomic mass is 10.3. The second-order valence-electron chi connectivity index (χ2n) is 5.26. The highest BCUT2D eigenvalue weighted by Gasteiger charge is 2.15. The number of halogens is 1. The maximum atomic E-state index is 12.1. The zero-order valence-corrected chi connectivity index (χ0v) is 14.6. The number of rotatable bonds is 6. The van der Waals surface area contributed by atoms with Crippen LogP contribution in [-0.4, -0.2) is 30.8 Å². The van der Waals surface area contributed by atoms with E-state index >= 15 is 0 Å². The number of aromatic amines is 1. The van der Waals surface area contributed by atoms with E-state index < -0.39 is 10.0 Å². The molecule has 0 fully saturated rings. The van der Waals surface area contributed by atoms with Gasteiger partial charge in [0.1, 0.15) is 0 Å². The first-order valence-electron chi connectivity index (χ1n) is 7.44. The minimum Gasteiger partial charge on any atom is -0.324 e. The summed E-state index contributed by atoms with van der Waals surface area (Å²) in [5, 5.41) is 2.93. The van der Waals surface area contributed by atoms with Crippen LogP contribution < -0.4 is 10.0 Å². The number of nitrogens with zero attached hydrogens (tertiary/aromatic N) is 1.